The molecule has 0 fully saturated rings. The van der Waals surface area contributed by atoms with Crippen molar-refractivity contribution >= 4 is 11.9 Å². The molecule has 0 bridgehead atoms. The van der Waals surface area contributed by atoms with Crippen LogP contribution in [-0.4, -0.2) is 40.4 Å². The summed E-state index contributed by atoms with van der Waals surface area (Å²) in [5.41, 5.74) is 1.43. The molecule has 0 saturated carbocycles. The number of methoxy groups -OCH3 is 1. The summed E-state index contributed by atoms with van der Waals surface area (Å²) in [6, 6.07) is 7.00. The van der Waals surface area contributed by atoms with Crippen LogP contribution in [0.15, 0.2) is 49.1 Å². The summed E-state index contributed by atoms with van der Waals surface area (Å²) < 4.78 is 4.64. The number of rotatable bonds is 6. The molecule has 0 spiro atoms. The van der Waals surface area contributed by atoms with Gasteiger partial charge in [0, 0.05) is 43.4 Å². The Kier molecular flexibility index (Phi) is 5.59. The number of ether oxygens (including phenoxy) is 1. The standard InChI is InChI=1S/C16H17N3O3/c1-22-15(20)6-10-19(12-13-3-2-7-18-11-13)16(21)14-4-8-17-9-5-14/h2-5,7-9,11H,6,10,12H2,1H3. The molecule has 6 nitrogen and oxygen atoms in total. The number of pyridine rings is 2. The first-order chi connectivity index (χ1) is 10.7. The van der Waals surface area contributed by atoms with E-state index in [2.05, 4.69) is 14.7 Å². The molecular weight excluding hydrogens is 282 g/mol. The zero-order chi connectivity index (χ0) is 15.8. The summed E-state index contributed by atoms with van der Waals surface area (Å²) in [5.74, 6) is -0.506. The second kappa shape index (κ2) is 7.87. The summed E-state index contributed by atoms with van der Waals surface area (Å²) in [7, 11) is 1.33. The third-order valence-corrected chi connectivity index (χ3v) is 3.12. The zero-order valence-electron chi connectivity index (χ0n) is 12.3. The maximum Gasteiger partial charge on any atom is 0.307 e. The van der Waals surface area contributed by atoms with Gasteiger partial charge in [-0.15, -0.1) is 0 Å². The summed E-state index contributed by atoms with van der Waals surface area (Å²) in [5, 5.41) is 0. The van der Waals surface area contributed by atoms with Crippen molar-refractivity contribution in [2.45, 2.75) is 13.0 Å². The Morgan fingerprint density at radius 3 is 2.55 bits per heavy atom. The molecule has 2 heterocycles. The number of hydrogen-bond donors (Lipinski definition) is 0. The summed E-state index contributed by atoms with van der Waals surface area (Å²) in [4.78, 5) is 33.5. The van der Waals surface area contributed by atoms with Gasteiger partial charge in [0.2, 0.25) is 0 Å². The van der Waals surface area contributed by atoms with Crippen molar-refractivity contribution in [3.05, 3.63) is 60.2 Å². The molecule has 22 heavy (non-hydrogen) atoms. The van der Waals surface area contributed by atoms with Gasteiger partial charge < -0.3 is 9.64 Å². The van der Waals surface area contributed by atoms with Crippen molar-refractivity contribution in [3.63, 3.8) is 0 Å². The first kappa shape index (κ1) is 15.6. The lowest BCUT2D eigenvalue weighted by atomic mass is 10.2. The van der Waals surface area contributed by atoms with E-state index in [1.165, 1.54) is 7.11 Å². The number of carbonyl (C=O) groups is 2. The van der Waals surface area contributed by atoms with Crippen molar-refractivity contribution in [2.24, 2.45) is 0 Å². The lowest BCUT2D eigenvalue weighted by molar-refractivity contribution is -0.140. The molecule has 1 amide bonds. The van der Waals surface area contributed by atoms with E-state index in [1.807, 2.05) is 12.1 Å². The van der Waals surface area contributed by atoms with Crippen molar-refractivity contribution in [3.8, 4) is 0 Å². The van der Waals surface area contributed by atoms with Crippen LogP contribution in [0.25, 0.3) is 0 Å². The van der Waals surface area contributed by atoms with Gasteiger partial charge in [-0.1, -0.05) is 6.07 Å². The van der Waals surface area contributed by atoms with E-state index in [1.54, 1.807) is 41.8 Å². The highest BCUT2D eigenvalue weighted by molar-refractivity contribution is 5.94. The van der Waals surface area contributed by atoms with Crippen molar-refractivity contribution in [1.82, 2.24) is 14.9 Å². The molecule has 2 aromatic heterocycles. The van der Waals surface area contributed by atoms with Crippen LogP contribution in [0.1, 0.15) is 22.3 Å². The SMILES string of the molecule is COC(=O)CCN(Cc1cccnc1)C(=O)c1ccncc1. The number of hydrogen-bond acceptors (Lipinski definition) is 5. The summed E-state index contributed by atoms with van der Waals surface area (Å²) >= 11 is 0. The van der Waals surface area contributed by atoms with Crippen molar-refractivity contribution in [1.29, 1.82) is 0 Å². The molecule has 0 radical (unpaired) electrons. The minimum absolute atomic E-state index is 0.146. The van der Waals surface area contributed by atoms with Gasteiger partial charge in [0.1, 0.15) is 0 Å². The Labute approximate surface area is 128 Å². The zero-order valence-corrected chi connectivity index (χ0v) is 12.3. The third kappa shape index (κ3) is 4.37. The average molecular weight is 299 g/mol. The molecule has 2 rings (SSSR count). The van der Waals surface area contributed by atoms with Crippen LogP contribution in [0.4, 0.5) is 0 Å². The highest BCUT2D eigenvalue weighted by atomic mass is 16.5. The Balaban J connectivity index is 2.13. The minimum atomic E-state index is -0.348. The maximum absolute atomic E-state index is 12.6. The Hall–Kier alpha value is -2.76. The van der Waals surface area contributed by atoms with Crippen LogP contribution in [0, 0.1) is 0 Å². The van der Waals surface area contributed by atoms with E-state index in [-0.39, 0.29) is 24.8 Å². The van der Waals surface area contributed by atoms with Gasteiger partial charge in [-0.25, -0.2) is 0 Å². The van der Waals surface area contributed by atoms with Crippen LogP contribution < -0.4 is 0 Å². The maximum atomic E-state index is 12.6. The van der Waals surface area contributed by atoms with E-state index >= 15 is 0 Å². The van der Waals surface area contributed by atoms with Gasteiger partial charge in [0.15, 0.2) is 0 Å². The fourth-order valence-electron chi connectivity index (χ4n) is 1.97. The van der Waals surface area contributed by atoms with Crippen LogP contribution >= 0.6 is 0 Å². The molecule has 0 atom stereocenters. The van der Waals surface area contributed by atoms with Crippen LogP contribution in [0.2, 0.25) is 0 Å². The van der Waals surface area contributed by atoms with Crippen molar-refractivity contribution < 1.29 is 14.3 Å². The van der Waals surface area contributed by atoms with Gasteiger partial charge in [-0.05, 0) is 23.8 Å². The largest absolute Gasteiger partial charge is 0.469 e. The molecule has 2 aromatic rings. The Morgan fingerprint density at radius 1 is 1.14 bits per heavy atom. The monoisotopic (exact) mass is 299 g/mol. The van der Waals surface area contributed by atoms with E-state index < -0.39 is 0 Å². The molecule has 0 saturated heterocycles. The molecule has 0 N–H and O–H groups in total. The topological polar surface area (TPSA) is 72.4 Å². The number of aromatic nitrogens is 2. The molecule has 0 aliphatic rings. The average Bonchev–Trinajstić information content (AvgIpc) is 2.59. The van der Waals surface area contributed by atoms with Gasteiger partial charge in [0.25, 0.3) is 5.91 Å². The predicted octanol–water partition coefficient (Wildman–Crippen LogP) is 1.68. The molecule has 0 aliphatic carbocycles. The van der Waals surface area contributed by atoms with Gasteiger partial charge >= 0.3 is 5.97 Å². The number of nitrogens with zero attached hydrogens (tertiary/aromatic N) is 3. The normalized spacial score (nSPS) is 10.0. The predicted molar refractivity (Wildman–Crippen MR) is 79.8 cm³/mol. The molecule has 0 aliphatic heterocycles. The van der Waals surface area contributed by atoms with Crippen molar-refractivity contribution in [2.75, 3.05) is 13.7 Å². The van der Waals surface area contributed by atoms with Gasteiger partial charge in [0.05, 0.1) is 13.5 Å². The van der Waals surface area contributed by atoms with Crippen LogP contribution in [0.3, 0.4) is 0 Å². The number of amides is 1. The Morgan fingerprint density at radius 2 is 1.91 bits per heavy atom. The van der Waals surface area contributed by atoms with Crippen LogP contribution in [0.5, 0.6) is 0 Å². The fourth-order valence-corrected chi connectivity index (χ4v) is 1.97. The first-order valence-electron chi connectivity index (χ1n) is 6.85. The van der Waals surface area contributed by atoms with Gasteiger partial charge in [-0.2, -0.15) is 0 Å². The molecule has 114 valence electrons. The molecular formula is C16H17N3O3. The summed E-state index contributed by atoms with van der Waals surface area (Å²) in [6.45, 7) is 0.661. The highest BCUT2D eigenvalue weighted by Gasteiger charge is 2.17. The molecule has 6 heteroatoms. The fraction of sp³-hybridized carbons (Fsp3) is 0.250. The number of carbonyl (C=O) groups excluding carboxylic acids is 2. The minimum Gasteiger partial charge on any atom is -0.469 e. The Bertz CT molecular complexity index is 617. The second-order valence-electron chi connectivity index (χ2n) is 4.65. The number of esters is 1. The third-order valence-electron chi connectivity index (χ3n) is 3.12. The summed E-state index contributed by atoms with van der Waals surface area (Å²) in [6.07, 6.45) is 6.65. The van der Waals surface area contributed by atoms with Gasteiger partial charge in [-0.3, -0.25) is 19.6 Å². The van der Waals surface area contributed by atoms with E-state index in [0.29, 0.717) is 12.1 Å². The molecule has 0 aromatic carbocycles. The first-order valence-corrected chi connectivity index (χ1v) is 6.85. The lowest BCUT2D eigenvalue weighted by Crippen LogP contribution is -2.32. The highest BCUT2D eigenvalue weighted by Crippen LogP contribution is 2.10. The van der Waals surface area contributed by atoms with E-state index in [9.17, 15) is 9.59 Å². The lowest BCUT2D eigenvalue weighted by Gasteiger charge is -2.22. The van der Waals surface area contributed by atoms with E-state index in [4.69, 9.17) is 0 Å². The second-order valence-corrected chi connectivity index (χ2v) is 4.65. The van der Waals surface area contributed by atoms with Crippen LogP contribution in [-0.2, 0) is 16.1 Å². The smallest absolute Gasteiger partial charge is 0.307 e. The molecule has 0 unspecified atom stereocenters. The van der Waals surface area contributed by atoms with E-state index in [0.717, 1.165) is 5.56 Å². The quantitative estimate of drug-likeness (QED) is 0.759.